The average molecular weight is 491 g/mol. The number of hydrogen-bond donors (Lipinski definition) is 1. The smallest absolute Gasteiger partial charge is 0.294 e. The number of anilines is 1. The molecule has 0 amide bonds. The molecule has 1 N–H and O–H groups in total. The van der Waals surface area contributed by atoms with Gasteiger partial charge in [-0.15, -0.1) is 0 Å². The second kappa shape index (κ2) is 9.13. The fraction of sp³-hybridized carbons (Fsp3) is 0.100. The Kier molecular flexibility index (Phi) is 6.99. The van der Waals surface area contributed by atoms with Crippen molar-refractivity contribution in [2.24, 2.45) is 0 Å². The SMILES string of the molecule is O=S(=O)(O)c1ccc(N(Cc2c(Cl)cccc2Cl)Cc2c(Cl)cccc2Cl)cc1. The highest BCUT2D eigenvalue weighted by molar-refractivity contribution is 7.85. The van der Waals surface area contributed by atoms with Crippen LogP contribution >= 0.6 is 46.4 Å². The standard InChI is InChI=1S/C20H15Cl4NO3S/c21-17-3-1-4-18(22)15(17)11-25(12-16-19(23)5-2-6-20(16)24)13-7-9-14(10-8-13)29(26,27)28/h1-10H,11-12H2,(H,26,27,28). The highest BCUT2D eigenvalue weighted by Crippen LogP contribution is 2.32. The van der Waals surface area contributed by atoms with E-state index in [9.17, 15) is 13.0 Å². The minimum absolute atomic E-state index is 0.201. The van der Waals surface area contributed by atoms with Crippen LogP contribution in [-0.4, -0.2) is 13.0 Å². The van der Waals surface area contributed by atoms with Crippen LogP contribution in [0.5, 0.6) is 0 Å². The van der Waals surface area contributed by atoms with Gasteiger partial charge in [-0.1, -0.05) is 58.5 Å². The molecule has 9 heteroatoms. The van der Waals surface area contributed by atoms with Gasteiger partial charge in [0.2, 0.25) is 0 Å². The largest absolute Gasteiger partial charge is 0.363 e. The van der Waals surface area contributed by atoms with Gasteiger partial charge in [-0.3, -0.25) is 4.55 Å². The molecule has 152 valence electrons. The Bertz CT molecular complexity index is 1040. The Morgan fingerprint density at radius 1 is 0.690 bits per heavy atom. The zero-order chi connectivity index (χ0) is 21.2. The van der Waals surface area contributed by atoms with Crippen LogP contribution in [0, 0.1) is 0 Å². The van der Waals surface area contributed by atoms with Crippen molar-refractivity contribution < 1.29 is 13.0 Å². The summed E-state index contributed by atoms with van der Waals surface area (Å²) in [5, 5.41) is 2.01. The highest BCUT2D eigenvalue weighted by atomic mass is 35.5. The molecule has 29 heavy (non-hydrogen) atoms. The lowest BCUT2D eigenvalue weighted by Crippen LogP contribution is -2.23. The maximum Gasteiger partial charge on any atom is 0.294 e. The van der Waals surface area contributed by atoms with Gasteiger partial charge in [-0.05, 0) is 48.5 Å². The third-order valence-electron chi connectivity index (χ3n) is 4.32. The van der Waals surface area contributed by atoms with E-state index in [2.05, 4.69) is 0 Å². The Hall–Kier alpha value is -1.47. The van der Waals surface area contributed by atoms with Crippen LogP contribution in [0.2, 0.25) is 20.1 Å². The van der Waals surface area contributed by atoms with Gasteiger partial charge in [0.15, 0.2) is 0 Å². The summed E-state index contributed by atoms with van der Waals surface area (Å²) in [6.45, 7) is 0.649. The molecule has 3 aromatic carbocycles. The number of benzene rings is 3. The van der Waals surface area contributed by atoms with E-state index in [4.69, 9.17) is 46.4 Å². The predicted molar refractivity (Wildman–Crippen MR) is 119 cm³/mol. The van der Waals surface area contributed by atoms with E-state index in [1.54, 1.807) is 48.5 Å². The number of halogens is 4. The summed E-state index contributed by atoms with van der Waals surface area (Å²) < 4.78 is 31.9. The van der Waals surface area contributed by atoms with Crippen LogP contribution in [0.25, 0.3) is 0 Å². The van der Waals surface area contributed by atoms with Gasteiger partial charge in [0.05, 0.1) is 4.90 Å². The normalized spacial score (nSPS) is 11.5. The van der Waals surface area contributed by atoms with Crippen molar-refractivity contribution in [1.29, 1.82) is 0 Å². The fourth-order valence-electron chi connectivity index (χ4n) is 2.82. The van der Waals surface area contributed by atoms with Crippen molar-refractivity contribution in [2.75, 3.05) is 4.90 Å². The molecule has 4 nitrogen and oxygen atoms in total. The molecule has 0 fully saturated rings. The second-order valence-corrected chi connectivity index (χ2v) is 9.28. The fourth-order valence-corrected chi connectivity index (χ4v) is 4.33. The van der Waals surface area contributed by atoms with Crippen LogP contribution in [0.15, 0.2) is 65.6 Å². The minimum atomic E-state index is -4.29. The van der Waals surface area contributed by atoms with E-state index in [-0.39, 0.29) is 4.90 Å². The lowest BCUT2D eigenvalue weighted by molar-refractivity contribution is 0.483. The molecule has 0 aliphatic rings. The number of rotatable bonds is 6. The molecule has 0 radical (unpaired) electrons. The van der Waals surface area contributed by atoms with Gasteiger partial charge in [0.25, 0.3) is 10.1 Å². The lowest BCUT2D eigenvalue weighted by atomic mass is 10.1. The van der Waals surface area contributed by atoms with Crippen LogP contribution < -0.4 is 4.90 Å². The summed E-state index contributed by atoms with van der Waals surface area (Å²) in [4.78, 5) is 1.71. The first-order valence-electron chi connectivity index (χ1n) is 8.35. The van der Waals surface area contributed by atoms with E-state index in [0.29, 0.717) is 50.0 Å². The summed E-state index contributed by atoms with van der Waals surface area (Å²) in [5.74, 6) is 0. The van der Waals surface area contributed by atoms with E-state index < -0.39 is 10.1 Å². The van der Waals surface area contributed by atoms with Gasteiger partial charge in [0.1, 0.15) is 0 Å². The summed E-state index contributed by atoms with van der Waals surface area (Å²) in [5.41, 5.74) is 2.08. The van der Waals surface area contributed by atoms with Crippen molar-refractivity contribution >= 4 is 62.2 Å². The molecule has 0 atom stereocenters. The van der Waals surface area contributed by atoms with Crippen molar-refractivity contribution in [3.8, 4) is 0 Å². The first kappa shape index (κ1) is 22.2. The summed E-state index contributed by atoms with van der Waals surface area (Å²) in [6, 6.07) is 16.3. The van der Waals surface area contributed by atoms with Gasteiger partial charge in [-0.2, -0.15) is 8.42 Å². The molecule has 0 aliphatic carbocycles. The molecule has 0 aliphatic heterocycles. The Morgan fingerprint density at radius 3 is 1.41 bits per heavy atom. The van der Waals surface area contributed by atoms with Gasteiger partial charge in [-0.25, -0.2) is 0 Å². The van der Waals surface area contributed by atoms with Crippen molar-refractivity contribution in [1.82, 2.24) is 0 Å². The van der Waals surface area contributed by atoms with E-state index >= 15 is 0 Å². The highest BCUT2D eigenvalue weighted by Gasteiger charge is 2.17. The molecule has 0 unspecified atom stereocenters. The first-order valence-corrected chi connectivity index (χ1v) is 11.3. The maximum absolute atomic E-state index is 11.3. The van der Waals surface area contributed by atoms with E-state index in [1.165, 1.54) is 12.1 Å². The number of nitrogens with zero attached hydrogens (tertiary/aromatic N) is 1. The molecule has 3 rings (SSSR count). The zero-order valence-corrected chi connectivity index (χ0v) is 18.7. The van der Waals surface area contributed by atoms with Crippen LogP contribution in [-0.2, 0) is 23.2 Å². The Morgan fingerprint density at radius 2 is 1.07 bits per heavy atom. The monoisotopic (exact) mass is 489 g/mol. The Labute approximate surface area is 189 Å². The summed E-state index contributed by atoms with van der Waals surface area (Å²) in [6.07, 6.45) is 0. The van der Waals surface area contributed by atoms with Gasteiger partial charge in [0, 0.05) is 50.0 Å². The van der Waals surface area contributed by atoms with Crippen LogP contribution in [0.4, 0.5) is 5.69 Å². The van der Waals surface area contributed by atoms with Crippen LogP contribution in [0.3, 0.4) is 0 Å². The quantitative estimate of drug-likeness (QED) is 0.388. The molecule has 0 heterocycles. The second-order valence-electron chi connectivity index (χ2n) is 6.23. The topological polar surface area (TPSA) is 57.6 Å². The minimum Gasteiger partial charge on any atom is -0.363 e. The lowest BCUT2D eigenvalue weighted by Gasteiger charge is -2.27. The Balaban J connectivity index is 2.04. The molecule has 0 spiro atoms. The van der Waals surface area contributed by atoms with E-state index in [0.717, 1.165) is 0 Å². The molecule has 0 saturated carbocycles. The van der Waals surface area contributed by atoms with Crippen molar-refractivity contribution in [3.63, 3.8) is 0 Å². The van der Waals surface area contributed by atoms with Gasteiger partial charge < -0.3 is 4.90 Å². The van der Waals surface area contributed by atoms with Crippen LogP contribution in [0.1, 0.15) is 11.1 Å². The maximum atomic E-state index is 11.3. The van der Waals surface area contributed by atoms with E-state index in [1.807, 2.05) is 4.90 Å². The zero-order valence-electron chi connectivity index (χ0n) is 14.8. The molecular weight excluding hydrogens is 476 g/mol. The molecule has 0 saturated heterocycles. The molecule has 0 bridgehead atoms. The van der Waals surface area contributed by atoms with Gasteiger partial charge >= 0.3 is 0 Å². The summed E-state index contributed by atoms with van der Waals surface area (Å²) >= 11 is 25.3. The van der Waals surface area contributed by atoms with Crippen molar-refractivity contribution in [3.05, 3.63) is 91.9 Å². The first-order chi connectivity index (χ1) is 13.7. The summed E-state index contributed by atoms with van der Waals surface area (Å²) in [7, 11) is -4.29. The predicted octanol–water partition coefficient (Wildman–Crippen LogP) is 6.75. The third-order valence-corrected chi connectivity index (χ3v) is 6.61. The number of hydrogen-bond acceptors (Lipinski definition) is 3. The molecule has 3 aromatic rings. The molecule has 0 aromatic heterocycles. The average Bonchev–Trinajstić information content (AvgIpc) is 2.65. The third kappa shape index (κ3) is 5.37. The molecular formula is C20H15Cl4NO3S. The van der Waals surface area contributed by atoms with Crippen molar-refractivity contribution in [2.45, 2.75) is 18.0 Å².